The minimum atomic E-state index is -1.36. The van der Waals surface area contributed by atoms with Crippen LogP contribution in [0.5, 0.6) is 0 Å². The van der Waals surface area contributed by atoms with E-state index >= 15 is 0 Å². The summed E-state index contributed by atoms with van der Waals surface area (Å²) in [6.07, 6.45) is 12.3. The first-order valence-corrected chi connectivity index (χ1v) is 18.5. The molecule has 1 fully saturated rings. The molecule has 0 aliphatic heterocycles. The Hall–Kier alpha value is -3.24. The summed E-state index contributed by atoms with van der Waals surface area (Å²) in [6, 6.07) is 35.1. The van der Waals surface area contributed by atoms with Gasteiger partial charge in [0.2, 0.25) is 0 Å². The second kappa shape index (κ2) is 15.5. The molecule has 2 nitrogen and oxygen atoms in total. The van der Waals surface area contributed by atoms with Crippen LogP contribution in [0.15, 0.2) is 103 Å². The third kappa shape index (κ3) is 9.12. The van der Waals surface area contributed by atoms with Gasteiger partial charge in [-0.05, 0) is 52.2 Å². The van der Waals surface area contributed by atoms with Gasteiger partial charge in [-0.25, -0.2) is 4.39 Å². The summed E-state index contributed by atoms with van der Waals surface area (Å²) >= 11 is 0. The van der Waals surface area contributed by atoms with Crippen molar-refractivity contribution in [3.05, 3.63) is 127 Å². The van der Waals surface area contributed by atoms with Gasteiger partial charge in [-0.15, -0.1) is 71.8 Å². The Kier molecular flexibility index (Phi) is 11.8. The molecular weight excluding hydrogens is 724 g/mol. The molecule has 6 rings (SSSR count). The Morgan fingerprint density at radius 3 is 1.88 bits per heavy atom. The van der Waals surface area contributed by atoms with Crippen molar-refractivity contribution in [1.29, 1.82) is 0 Å². The van der Waals surface area contributed by atoms with E-state index in [4.69, 9.17) is 4.98 Å². The first kappa shape index (κ1) is 32.7. The maximum absolute atomic E-state index is 12.9. The van der Waals surface area contributed by atoms with Gasteiger partial charge in [0.1, 0.15) is 5.82 Å². The van der Waals surface area contributed by atoms with Crippen LogP contribution in [0.2, 0.25) is 19.6 Å². The smallest absolute Gasteiger partial charge is 0.123 e. The predicted octanol–water partition coefficient (Wildman–Crippen LogP) is 9.57. The number of hydrogen-bond donors (Lipinski definition) is 0. The second-order valence-corrected chi connectivity index (χ2v) is 17.2. The topological polar surface area (TPSA) is 25.8 Å². The molecule has 223 valence electrons. The normalized spacial score (nSPS) is 13.4. The number of aromatic nitrogens is 2. The summed E-state index contributed by atoms with van der Waals surface area (Å²) in [7, 11) is -1.36. The standard InChI is InChI=1S/C21H28NSi.C17H11FN.Ir/c1-23(2,3)21-16-22-20(18-12-8-5-9-13-18)15-19(21)14-17-10-6-4-7-11-17;18-16-9-6-13(7-10-16)15-8-11-17(19-12-15)14-4-2-1-3-5-14;/h5,8-9,12,15-17H,4,6-7,10-11,14H2,1-3H3;1-4,6-12H;/q2*-1;. The van der Waals surface area contributed by atoms with Crippen molar-refractivity contribution >= 4 is 13.3 Å². The summed E-state index contributed by atoms with van der Waals surface area (Å²) < 4.78 is 12.9. The zero-order valence-corrected chi connectivity index (χ0v) is 28.6. The van der Waals surface area contributed by atoms with Crippen LogP contribution < -0.4 is 5.19 Å². The van der Waals surface area contributed by atoms with E-state index in [1.807, 2.05) is 48.5 Å². The Bertz CT molecular complexity index is 1540. The van der Waals surface area contributed by atoms with Crippen molar-refractivity contribution in [2.24, 2.45) is 5.92 Å². The zero-order valence-electron chi connectivity index (χ0n) is 25.2. The van der Waals surface area contributed by atoms with Crippen LogP contribution in [0.25, 0.3) is 33.6 Å². The fourth-order valence-corrected chi connectivity index (χ4v) is 7.25. The van der Waals surface area contributed by atoms with Crippen molar-refractivity contribution in [1.82, 2.24) is 9.97 Å². The number of halogens is 1. The molecule has 0 unspecified atom stereocenters. The summed E-state index contributed by atoms with van der Waals surface area (Å²) in [5.41, 5.74) is 7.52. The van der Waals surface area contributed by atoms with E-state index < -0.39 is 8.07 Å². The van der Waals surface area contributed by atoms with Crippen LogP contribution in [0.4, 0.5) is 4.39 Å². The SMILES string of the molecule is C[Si](C)(C)c1cnc(-c2[c-]cccc2)cc1CC1CCCCC1.Fc1ccc(-c2ccc(-c3[c-]cccc3)nc2)cc1.[Ir]. The number of hydrogen-bond acceptors (Lipinski definition) is 2. The molecule has 5 aromatic rings. The molecule has 0 saturated heterocycles. The largest absolute Gasteiger partial charge is 0.305 e. The molecule has 2 aromatic heterocycles. The van der Waals surface area contributed by atoms with Gasteiger partial charge in [0.15, 0.2) is 0 Å². The van der Waals surface area contributed by atoms with Gasteiger partial charge in [-0.1, -0.05) is 87.6 Å². The average molecular weight is 763 g/mol. The number of pyridine rings is 2. The first-order chi connectivity index (χ1) is 20.4. The van der Waals surface area contributed by atoms with Gasteiger partial charge in [0, 0.05) is 32.5 Å². The summed E-state index contributed by atoms with van der Waals surface area (Å²) in [5.74, 6) is 0.640. The molecule has 0 spiro atoms. The maximum atomic E-state index is 12.9. The Morgan fingerprint density at radius 2 is 1.33 bits per heavy atom. The third-order valence-corrected chi connectivity index (χ3v) is 10.0. The molecule has 0 amide bonds. The fraction of sp³-hybridized carbons (Fsp3) is 0.263. The molecule has 1 aliphatic rings. The van der Waals surface area contributed by atoms with Crippen LogP contribution in [-0.4, -0.2) is 18.0 Å². The van der Waals surface area contributed by atoms with Crippen LogP contribution in [-0.2, 0) is 26.5 Å². The number of nitrogens with zero attached hydrogens (tertiary/aromatic N) is 2. The van der Waals surface area contributed by atoms with Gasteiger partial charge in [0.25, 0.3) is 0 Å². The molecule has 1 radical (unpaired) electrons. The van der Waals surface area contributed by atoms with E-state index in [1.54, 1.807) is 29.1 Å². The Morgan fingerprint density at radius 1 is 0.721 bits per heavy atom. The first-order valence-electron chi connectivity index (χ1n) is 15.0. The van der Waals surface area contributed by atoms with Gasteiger partial charge < -0.3 is 9.97 Å². The van der Waals surface area contributed by atoms with E-state index in [9.17, 15) is 4.39 Å². The molecule has 0 N–H and O–H groups in total. The van der Waals surface area contributed by atoms with Crippen molar-refractivity contribution in [2.45, 2.75) is 58.2 Å². The van der Waals surface area contributed by atoms with E-state index in [-0.39, 0.29) is 25.9 Å². The van der Waals surface area contributed by atoms with Crippen molar-refractivity contribution in [3.63, 3.8) is 0 Å². The van der Waals surface area contributed by atoms with Crippen molar-refractivity contribution in [3.8, 4) is 33.6 Å². The molecule has 43 heavy (non-hydrogen) atoms. The molecule has 2 heterocycles. The molecule has 0 bridgehead atoms. The quantitative estimate of drug-likeness (QED) is 0.127. The van der Waals surface area contributed by atoms with Gasteiger partial charge in [-0.2, -0.15) is 0 Å². The van der Waals surface area contributed by atoms with Crippen molar-refractivity contribution < 1.29 is 24.5 Å². The zero-order chi connectivity index (χ0) is 29.4. The van der Waals surface area contributed by atoms with Crippen LogP contribution in [0.3, 0.4) is 0 Å². The maximum Gasteiger partial charge on any atom is 0.123 e. The average Bonchev–Trinajstić information content (AvgIpc) is 3.03. The third-order valence-electron chi connectivity index (χ3n) is 7.94. The molecular formula is C38H39FIrN2Si-2. The van der Waals surface area contributed by atoms with Crippen LogP contribution >= 0.6 is 0 Å². The van der Waals surface area contributed by atoms with E-state index in [0.717, 1.165) is 39.6 Å². The summed E-state index contributed by atoms with van der Waals surface area (Å²) in [4.78, 5) is 9.20. The fourth-order valence-electron chi connectivity index (χ4n) is 5.66. The number of rotatable bonds is 6. The van der Waals surface area contributed by atoms with Crippen LogP contribution in [0.1, 0.15) is 37.7 Å². The molecule has 1 saturated carbocycles. The van der Waals surface area contributed by atoms with Crippen LogP contribution in [0, 0.1) is 23.9 Å². The van der Waals surface area contributed by atoms with Crippen molar-refractivity contribution in [2.75, 3.05) is 0 Å². The minimum absolute atomic E-state index is 0. The molecule has 5 heteroatoms. The molecule has 1 aliphatic carbocycles. The van der Waals surface area contributed by atoms with Gasteiger partial charge in [-0.3, -0.25) is 0 Å². The monoisotopic (exact) mass is 763 g/mol. The van der Waals surface area contributed by atoms with E-state index in [2.05, 4.69) is 61.2 Å². The second-order valence-electron chi connectivity index (χ2n) is 12.2. The molecule has 0 atom stereocenters. The summed E-state index contributed by atoms with van der Waals surface area (Å²) in [6.45, 7) is 7.30. The Labute approximate surface area is 271 Å². The van der Waals surface area contributed by atoms with E-state index in [1.165, 1.54) is 50.7 Å². The van der Waals surface area contributed by atoms with E-state index in [0.29, 0.717) is 0 Å². The predicted molar refractivity (Wildman–Crippen MR) is 176 cm³/mol. The molecule has 3 aromatic carbocycles. The number of benzene rings is 3. The summed E-state index contributed by atoms with van der Waals surface area (Å²) in [5, 5.41) is 1.54. The Balaban J connectivity index is 0.000000195. The minimum Gasteiger partial charge on any atom is -0.305 e. The van der Waals surface area contributed by atoms with Gasteiger partial charge >= 0.3 is 0 Å². The van der Waals surface area contributed by atoms with Gasteiger partial charge in [0.05, 0.1) is 8.07 Å².